The summed E-state index contributed by atoms with van der Waals surface area (Å²) >= 11 is 13.4. The van der Waals surface area contributed by atoms with Crippen molar-refractivity contribution in [3.05, 3.63) is 64.4 Å². The number of halogens is 2. The van der Waals surface area contributed by atoms with Gasteiger partial charge >= 0.3 is 0 Å². The minimum absolute atomic E-state index is 0.464. The van der Waals surface area contributed by atoms with Crippen LogP contribution in [0.1, 0.15) is 12.7 Å². The maximum Gasteiger partial charge on any atom is 0.257 e. The third-order valence-electron chi connectivity index (χ3n) is 4.03. The Kier molecular flexibility index (Phi) is 5.66. The Labute approximate surface area is 175 Å². The van der Waals surface area contributed by atoms with Gasteiger partial charge in [0.05, 0.1) is 5.75 Å². The summed E-state index contributed by atoms with van der Waals surface area (Å²) in [5.41, 5.74) is 1.80. The van der Waals surface area contributed by atoms with Crippen molar-refractivity contribution < 1.29 is 4.52 Å². The summed E-state index contributed by atoms with van der Waals surface area (Å²) in [4.78, 5) is 4.44. The lowest BCUT2D eigenvalue weighted by molar-refractivity contribution is 0.425. The first-order chi connectivity index (χ1) is 13.6. The lowest BCUT2D eigenvalue weighted by atomic mass is 10.2. The van der Waals surface area contributed by atoms with Crippen molar-refractivity contribution in [3.8, 4) is 22.8 Å². The molecule has 0 aliphatic heterocycles. The molecule has 0 fully saturated rings. The van der Waals surface area contributed by atoms with Gasteiger partial charge in [-0.1, -0.05) is 40.1 Å². The van der Waals surface area contributed by atoms with Crippen LogP contribution in [0.3, 0.4) is 0 Å². The first kappa shape index (κ1) is 19.0. The minimum Gasteiger partial charge on any atom is -0.334 e. The lowest BCUT2D eigenvalue weighted by Crippen LogP contribution is -2.00. The van der Waals surface area contributed by atoms with Crippen LogP contribution in [0.5, 0.6) is 0 Å². The largest absolute Gasteiger partial charge is 0.334 e. The number of hydrogen-bond donors (Lipinski definition) is 0. The van der Waals surface area contributed by atoms with Crippen molar-refractivity contribution in [1.29, 1.82) is 0 Å². The quantitative estimate of drug-likeness (QED) is 0.369. The average Bonchev–Trinajstić information content (AvgIpc) is 3.34. The van der Waals surface area contributed by atoms with E-state index in [4.69, 9.17) is 27.7 Å². The molecule has 0 saturated heterocycles. The average molecular weight is 432 g/mol. The fourth-order valence-corrected chi connectivity index (χ4v) is 3.74. The summed E-state index contributed by atoms with van der Waals surface area (Å²) in [7, 11) is 0. The lowest BCUT2D eigenvalue weighted by Gasteiger charge is -2.06. The predicted molar refractivity (Wildman–Crippen MR) is 110 cm³/mol. The van der Waals surface area contributed by atoms with Gasteiger partial charge in [-0.05, 0) is 55.5 Å². The van der Waals surface area contributed by atoms with E-state index >= 15 is 0 Å². The van der Waals surface area contributed by atoms with Gasteiger partial charge in [-0.3, -0.25) is 0 Å². The van der Waals surface area contributed by atoms with Crippen LogP contribution in [-0.4, -0.2) is 24.9 Å². The number of thioether (sulfide) groups is 1. The summed E-state index contributed by atoms with van der Waals surface area (Å²) in [6, 6.07) is 14.8. The Morgan fingerprint density at radius 2 is 1.57 bits per heavy atom. The van der Waals surface area contributed by atoms with Crippen LogP contribution in [0.25, 0.3) is 22.8 Å². The van der Waals surface area contributed by atoms with Crippen molar-refractivity contribution in [2.24, 2.45) is 0 Å². The van der Waals surface area contributed by atoms with Crippen molar-refractivity contribution in [1.82, 2.24) is 24.9 Å². The molecule has 9 heteroatoms. The second-order valence-corrected chi connectivity index (χ2v) is 7.68. The van der Waals surface area contributed by atoms with Crippen LogP contribution >= 0.6 is 35.0 Å². The zero-order chi connectivity index (χ0) is 19.5. The van der Waals surface area contributed by atoms with Gasteiger partial charge in [0.25, 0.3) is 5.89 Å². The van der Waals surface area contributed by atoms with Gasteiger partial charge in [-0.25, -0.2) is 0 Å². The summed E-state index contributed by atoms with van der Waals surface area (Å²) in [6.07, 6.45) is 0. The standard InChI is InChI=1S/C19H15Cl2N5OS/c1-2-26-17(12-3-7-14(20)8-4-12)23-24-19(26)28-11-16-22-18(27-25-16)13-5-9-15(21)10-6-13/h3-10H,2,11H2,1H3. The molecule has 0 radical (unpaired) electrons. The number of nitrogens with zero attached hydrogens (tertiary/aromatic N) is 5. The summed E-state index contributed by atoms with van der Waals surface area (Å²) in [6.45, 7) is 2.80. The molecule has 28 heavy (non-hydrogen) atoms. The van der Waals surface area contributed by atoms with Crippen molar-refractivity contribution in [2.45, 2.75) is 24.4 Å². The highest BCUT2D eigenvalue weighted by Gasteiger charge is 2.15. The van der Waals surface area contributed by atoms with Gasteiger partial charge < -0.3 is 9.09 Å². The smallest absolute Gasteiger partial charge is 0.257 e. The molecule has 0 atom stereocenters. The molecular weight excluding hydrogens is 417 g/mol. The van der Waals surface area contributed by atoms with Gasteiger partial charge in [0.2, 0.25) is 0 Å². The summed E-state index contributed by atoms with van der Waals surface area (Å²) < 4.78 is 7.40. The zero-order valence-electron chi connectivity index (χ0n) is 14.8. The van der Waals surface area contributed by atoms with E-state index in [1.54, 1.807) is 12.1 Å². The van der Waals surface area contributed by atoms with E-state index in [0.29, 0.717) is 27.5 Å². The maximum atomic E-state index is 5.97. The topological polar surface area (TPSA) is 69.6 Å². The van der Waals surface area contributed by atoms with Crippen LogP contribution in [0.4, 0.5) is 0 Å². The van der Waals surface area contributed by atoms with Crippen LogP contribution in [0.2, 0.25) is 10.0 Å². The monoisotopic (exact) mass is 431 g/mol. The molecule has 0 bridgehead atoms. The SMILES string of the molecule is CCn1c(SCc2noc(-c3ccc(Cl)cc3)n2)nnc1-c1ccc(Cl)cc1. The third kappa shape index (κ3) is 4.06. The van der Waals surface area contributed by atoms with Crippen LogP contribution in [-0.2, 0) is 12.3 Å². The highest BCUT2D eigenvalue weighted by molar-refractivity contribution is 7.98. The predicted octanol–water partition coefficient (Wildman–Crippen LogP) is 5.61. The second-order valence-electron chi connectivity index (χ2n) is 5.87. The van der Waals surface area contributed by atoms with Crippen molar-refractivity contribution in [2.75, 3.05) is 0 Å². The van der Waals surface area contributed by atoms with Gasteiger partial charge in [-0.2, -0.15) is 4.98 Å². The molecule has 2 aromatic carbocycles. The molecule has 142 valence electrons. The first-order valence-corrected chi connectivity index (χ1v) is 10.3. The molecule has 0 spiro atoms. The van der Waals surface area contributed by atoms with E-state index < -0.39 is 0 Å². The molecule has 0 aliphatic carbocycles. The molecule has 0 aliphatic rings. The Morgan fingerprint density at radius 1 is 0.929 bits per heavy atom. The Morgan fingerprint density at radius 3 is 2.21 bits per heavy atom. The number of aromatic nitrogens is 5. The highest BCUT2D eigenvalue weighted by atomic mass is 35.5. The van der Waals surface area contributed by atoms with Crippen LogP contribution < -0.4 is 0 Å². The van der Waals surface area contributed by atoms with Crippen molar-refractivity contribution >= 4 is 35.0 Å². The second kappa shape index (κ2) is 8.34. The van der Waals surface area contributed by atoms with E-state index in [2.05, 4.69) is 27.3 Å². The first-order valence-electron chi connectivity index (χ1n) is 8.54. The molecule has 6 nitrogen and oxygen atoms in total. The fourth-order valence-electron chi connectivity index (χ4n) is 2.64. The van der Waals surface area contributed by atoms with E-state index in [1.165, 1.54) is 11.8 Å². The molecule has 4 aromatic rings. The van der Waals surface area contributed by atoms with E-state index in [9.17, 15) is 0 Å². The van der Waals surface area contributed by atoms with Gasteiger partial charge in [0.1, 0.15) is 0 Å². The van der Waals surface area contributed by atoms with Crippen molar-refractivity contribution in [3.63, 3.8) is 0 Å². The molecule has 4 rings (SSSR count). The Balaban J connectivity index is 1.49. The zero-order valence-corrected chi connectivity index (χ0v) is 17.2. The molecule has 2 aromatic heterocycles. The molecular formula is C19H15Cl2N5OS. The van der Waals surface area contributed by atoms with Gasteiger partial charge in [0.15, 0.2) is 16.8 Å². The van der Waals surface area contributed by atoms with Gasteiger partial charge in [0, 0.05) is 27.7 Å². The molecule has 2 heterocycles. The Hall–Kier alpha value is -2.35. The van der Waals surface area contributed by atoms with E-state index in [0.717, 1.165) is 28.7 Å². The number of hydrogen-bond acceptors (Lipinski definition) is 6. The van der Waals surface area contributed by atoms with Gasteiger partial charge in [-0.15, -0.1) is 10.2 Å². The summed E-state index contributed by atoms with van der Waals surface area (Å²) in [5.74, 6) is 2.38. The minimum atomic E-state index is 0.464. The Bertz CT molecular complexity index is 1080. The molecule has 0 saturated carbocycles. The number of rotatable bonds is 6. The molecule has 0 amide bonds. The molecule has 0 N–H and O–H groups in total. The molecule has 0 unspecified atom stereocenters. The van der Waals surface area contributed by atoms with Crippen LogP contribution in [0, 0.1) is 0 Å². The van der Waals surface area contributed by atoms with Crippen LogP contribution in [0.15, 0.2) is 58.2 Å². The third-order valence-corrected chi connectivity index (χ3v) is 5.49. The number of benzene rings is 2. The van der Waals surface area contributed by atoms with E-state index in [1.807, 2.05) is 41.0 Å². The van der Waals surface area contributed by atoms with E-state index in [-0.39, 0.29) is 0 Å². The maximum absolute atomic E-state index is 5.97. The fraction of sp³-hybridized carbons (Fsp3) is 0.158. The summed E-state index contributed by atoms with van der Waals surface area (Å²) in [5, 5.41) is 14.8. The highest BCUT2D eigenvalue weighted by Crippen LogP contribution is 2.27. The normalized spacial score (nSPS) is 11.1.